The summed E-state index contributed by atoms with van der Waals surface area (Å²) in [4.78, 5) is 24.7. The molecule has 30 heavy (non-hydrogen) atoms. The number of carbonyl (C=O) groups is 2. The number of nitrogens with zero attached hydrogens (tertiary/aromatic N) is 1. The Hall–Kier alpha value is -3.08. The Kier molecular flexibility index (Phi) is 8.07. The third kappa shape index (κ3) is 5.96. The number of fused-ring (bicyclic) bond motifs is 1. The molecule has 2 aromatic carbocycles. The molecule has 0 aliphatic rings. The van der Waals surface area contributed by atoms with Gasteiger partial charge in [-0.3, -0.25) is 4.57 Å². The van der Waals surface area contributed by atoms with E-state index in [9.17, 15) is 9.59 Å². The SMILES string of the molecule is CCCCCCCCOC(=O)c1ccc2c(ccn2C(=O)OCc2ccccc2)c1. The number of carbonyl (C=O) groups excluding carboxylic acids is 2. The van der Waals surface area contributed by atoms with Gasteiger partial charge in [-0.15, -0.1) is 0 Å². The lowest BCUT2D eigenvalue weighted by Crippen LogP contribution is -2.12. The molecule has 0 unspecified atom stereocenters. The summed E-state index contributed by atoms with van der Waals surface area (Å²) < 4.78 is 12.2. The van der Waals surface area contributed by atoms with Crippen LogP contribution in [-0.2, 0) is 16.1 Å². The van der Waals surface area contributed by atoms with Gasteiger partial charge in [-0.05, 0) is 36.2 Å². The molecule has 0 atom stereocenters. The van der Waals surface area contributed by atoms with Crippen molar-refractivity contribution in [2.75, 3.05) is 6.61 Å². The van der Waals surface area contributed by atoms with Crippen LogP contribution in [0.5, 0.6) is 0 Å². The first-order chi connectivity index (χ1) is 14.7. The van der Waals surface area contributed by atoms with Crippen molar-refractivity contribution in [1.29, 1.82) is 0 Å². The summed E-state index contributed by atoms with van der Waals surface area (Å²) in [6.07, 6.45) is 8.10. The van der Waals surface area contributed by atoms with Gasteiger partial charge < -0.3 is 9.47 Å². The van der Waals surface area contributed by atoms with E-state index in [2.05, 4.69) is 6.92 Å². The van der Waals surface area contributed by atoms with Crippen LogP contribution in [0, 0.1) is 0 Å². The highest BCUT2D eigenvalue weighted by Gasteiger charge is 2.13. The minimum atomic E-state index is -0.452. The van der Waals surface area contributed by atoms with E-state index in [0.717, 1.165) is 23.8 Å². The zero-order valence-electron chi connectivity index (χ0n) is 17.5. The van der Waals surface area contributed by atoms with E-state index in [1.807, 2.05) is 30.3 Å². The van der Waals surface area contributed by atoms with E-state index in [1.165, 1.54) is 30.3 Å². The van der Waals surface area contributed by atoms with Crippen molar-refractivity contribution in [2.45, 2.75) is 52.1 Å². The fraction of sp³-hybridized carbons (Fsp3) is 0.360. The van der Waals surface area contributed by atoms with Crippen LogP contribution < -0.4 is 0 Å². The molecule has 0 N–H and O–H groups in total. The van der Waals surface area contributed by atoms with Crippen molar-refractivity contribution in [3.05, 3.63) is 71.9 Å². The van der Waals surface area contributed by atoms with Crippen molar-refractivity contribution >= 4 is 23.0 Å². The zero-order chi connectivity index (χ0) is 21.2. The van der Waals surface area contributed by atoms with Gasteiger partial charge in [0.2, 0.25) is 0 Å². The molecule has 0 bridgehead atoms. The first kappa shape index (κ1) is 21.6. The van der Waals surface area contributed by atoms with Gasteiger partial charge in [0, 0.05) is 11.6 Å². The number of unbranched alkanes of at least 4 members (excludes halogenated alkanes) is 5. The molecule has 3 aromatic rings. The molecular formula is C25H29NO4. The lowest BCUT2D eigenvalue weighted by atomic mass is 10.1. The summed E-state index contributed by atoms with van der Waals surface area (Å²) in [7, 11) is 0. The van der Waals surface area contributed by atoms with Crippen molar-refractivity contribution in [3.63, 3.8) is 0 Å². The van der Waals surface area contributed by atoms with Gasteiger partial charge in [0.05, 0.1) is 17.7 Å². The zero-order valence-corrected chi connectivity index (χ0v) is 17.5. The monoisotopic (exact) mass is 407 g/mol. The average Bonchev–Trinajstić information content (AvgIpc) is 3.21. The molecule has 5 heteroatoms. The molecule has 0 fully saturated rings. The number of aromatic nitrogens is 1. The minimum absolute atomic E-state index is 0.211. The first-order valence-corrected chi connectivity index (χ1v) is 10.7. The largest absolute Gasteiger partial charge is 0.462 e. The molecule has 0 saturated carbocycles. The lowest BCUT2D eigenvalue weighted by molar-refractivity contribution is 0.0498. The highest BCUT2D eigenvalue weighted by Crippen LogP contribution is 2.19. The number of hydrogen-bond donors (Lipinski definition) is 0. The fourth-order valence-corrected chi connectivity index (χ4v) is 3.35. The second kappa shape index (κ2) is 11.2. The quantitative estimate of drug-likeness (QED) is 0.290. The summed E-state index contributed by atoms with van der Waals surface area (Å²) in [5.41, 5.74) is 2.11. The molecule has 5 nitrogen and oxygen atoms in total. The number of benzene rings is 2. The number of hydrogen-bond acceptors (Lipinski definition) is 4. The van der Waals surface area contributed by atoms with Crippen LogP contribution >= 0.6 is 0 Å². The van der Waals surface area contributed by atoms with E-state index in [0.29, 0.717) is 17.7 Å². The van der Waals surface area contributed by atoms with Crippen molar-refractivity contribution in [1.82, 2.24) is 4.57 Å². The molecular weight excluding hydrogens is 378 g/mol. The lowest BCUT2D eigenvalue weighted by Gasteiger charge is -2.08. The van der Waals surface area contributed by atoms with Gasteiger partial charge >= 0.3 is 12.1 Å². The topological polar surface area (TPSA) is 57.5 Å². The van der Waals surface area contributed by atoms with E-state index < -0.39 is 6.09 Å². The third-order valence-electron chi connectivity index (χ3n) is 5.06. The Morgan fingerprint density at radius 1 is 0.867 bits per heavy atom. The van der Waals surface area contributed by atoms with Crippen molar-refractivity contribution in [3.8, 4) is 0 Å². The van der Waals surface area contributed by atoms with Gasteiger partial charge in [-0.25, -0.2) is 9.59 Å². The van der Waals surface area contributed by atoms with Crippen LogP contribution in [0.4, 0.5) is 4.79 Å². The van der Waals surface area contributed by atoms with Crippen molar-refractivity contribution < 1.29 is 19.1 Å². The molecule has 0 spiro atoms. The summed E-state index contributed by atoms with van der Waals surface area (Å²) in [6, 6.07) is 16.5. The molecule has 3 rings (SSSR count). The molecule has 0 saturated heterocycles. The maximum Gasteiger partial charge on any atom is 0.418 e. The molecule has 0 aliphatic carbocycles. The number of ether oxygens (including phenoxy) is 2. The second-order valence-corrected chi connectivity index (χ2v) is 7.40. The van der Waals surface area contributed by atoms with Gasteiger partial charge in [0.15, 0.2) is 0 Å². The Labute approximate surface area is 177 Å². The van der Waals surface area contributed by atoms with Gasteiger partial charge in [-0.2, -0.15) is 0 Å². The van der Waals surface area contributed by atoms with E-state index in [-0.39, 0.29) is 12.6 Å². The van der Waals surface area contributed by atoms with Gasteiger partial charge in [0.25, 0.3) is 0 Å². The molecule has 0 amide bonds. The maximum absolute atomic E-state index is 12.4. The summed E-state index contributed by atoms with van der Waals surface area (Å²) in [5.74, 6) is -0.329. The standard InChI is InChI=1S/C25H29NO4/c1-2-3-4-5-6-10-17-29-24(27)22-13-14-23-21(18-22)15-16-26(23)25(28)30-19-20-11-8-7-9-12-20/h7-9,11-16,18H,2-6,10,17,19H2,1H3. The highest BCUT2D eigenvalue weighted by molar-refractivity contribution is 5.97. The van der Waals surface area contributed by atoms with Gasteiger partial charge in [-0.1, -0.05) is 69.4 Å². The van der Waals surface area contributed by atoms with Crippen molar-refractivity contribution in [2.24, 2.45) is 0 Å². The third-order valence-corrected chi connectivity index (χ3v) is 5.06. The first-order valence-electron chi connectivity index (χ1n) is 10.7. The molecule has 158 valence electrons. The van der Waals surface area contributed by atoms with Crippen LogP contribution in [0.3, 0.4) is 0 Å². The molecule has 1 aromatic heterocycles. The van der Waals surface area contributed by atoms with Crippen LogP contribution in [-0.4, -0.2) is 23.2 Å². The molecule has 0 radical (unpaired) electrons. The van der Waals surface area contributed by atoms with E-state index >= 15 is 0 Å². The van der Waals surface area contributed by atoms with E-state index in [1.54, 1.807) is 30.5 Å². The van der Waals surface area contributed by atoms with E-state index in [4.69, 9.17) is 9.47 Å². The summed E-state index contributed by atoms with van der Waals surface area (Å²) >= 11 is 0. The van der Waals surface area contributed by atoms with Crippen LogP contribution in [0.15, 0.2) is 60.8 Å². The summed E-state index contributed by atoms with van der Waals surface area (Å²) in [6.45, 7) is 2.85. The smallest absolute Gasteiger partial charge is 0.418 e. The van der Waals surface area contributed by atoms with Crippen LogP contribution in [0.1, 0.15) is 61.4 Å². The highest BCUT2D eigenvalue weighted by atomic mass is 16.5. The maximum atomic E-state index is 12.4. The minimum Gasteiger partial charge on any atom is -0.462 e. The van der Waals surface area contributed by atoms with Crippen LogP contribution in [0.25, 0.3) is 10.9 Å². The molecule has 1 heterocycles. The number of esters is 1. The normalized spacial score (nSPS) is 10.8. The Morgan fingerprint density at radius 2 is 1.63 bits per heavy atom. The number of rotatable bonds is 10. The van der Waals surface area contributed by atoms with Crippen LogP contribution in [0.2, 0.25) is 0 Å². The predicted molar refractivity (Wildman–Crippen MR) is 118 cm³/mol. The Morgan fingerprint density at radius 3 is 2.43 bits per heavy atom. The predicted octanol–water partition coefficient (Wildman–Crippen LogP) is 6.34. The Bertz CT molecular complexity index is 962. The Balaban J connectivity index is 1.53. The van der Waals surface area contributed by atoms with Gasteiger partial charge in [0.1, 0.15) is 6.61 Å². The summed E-state index contributed by atoms with van der Waals surface area (Å²) in [5, 5.41) is 0.792. The second-order valence-electron chi connectivity index (χ2n) is 7.40. The molecule has 0 aliphatic heterocycles. The fourth-order valence-electron chi connectivity index (χ4n) is 3.35. The average molecular weight is 408 g/mol.